The highest BCUT2D eigenvalue weighted by Crippen LogP contribution is 2.27. The van der Waals surface area contributed by atoms with Crippen molar-refractivity contribution in [2.24, 2.45) is 10.2 Å². The standard InChI is InChI=1S/C22H28N6O6S2/c1-15-19(27(31)32)11-17(35-15)13-23-25-21(29)9-7-5-3-4-6-8-10-22(30)26-24-14-18-12-20(28(33)34)16(2)36-18/h11-14H,3-10H2,1-2H3,(H,25,29)(H,26,30)/b23-13-,24-14-. The van der Waals surface area contributed by atoms with Crippen molar-refractivity contribution in [3.8, 4) is 0 Å². The minimum atomic E-state index is -0.447. The Morgan fingerprint density at radius 1 is 0.778 bits per heavy atom. The molecule has 0 bridgehead atoms. The summed E-state index contributed by atoms with van der Waals surface area (Å²) in [5, 5.41) is 29.4. The van der Waals surface area contributed by atoms with Crippen LogP contribution in [0, 0.1) is 34.1 Å². The Kier molecular flexibility index (Phi) is 11.8. The van der Waals surface area contributed by atoms with Crippen LogP contribution in [0.3, 0.4) is 0 Å². The highest BCUT2D eigenvalue weighted by molar-refractivity contribution is 7.14. The number of carbonyl (C=O) groups is 2. The monoisotopic (exact) mass is 536 g/mol. The molecule has 12 nitrogen and oxygen atoms in total. The molecular weight excluding hydrogens is 508 g/mol. The van der Waals surface area contributed by atoms with E-state index >= 15 is 0 Å². The van der Waals surface area contributed by atoms with E-state index in [2.05, 4.69) is 21.1 Å². The third-order valence-corrected chi connectivity index (χ3v) is 6.98. The molecular formula is C22H28N6O6S2. The van der Waals surface area contributed by atoms with Gasteiger partial charge in [-0.25, -0.2) is 10.9 Å². The number of amides is 2. The van der Waals surface area contributed by atoms with Gasteiger partial charge < -0.3 is 0 Å². The lowest BCUT2D eigenvalue weighted by atomic mass is 10.1. The summed E-state index contributed by atoms with van der Waals surface area (Å²) < 4.78 is 0. The molecule has 2 aromatic rings. The first-order valence-corrected chi connectivity index (χ1v) is 12.9. The largest absolute Gasteiger partial charge is 0.283 e. The van der Waals surface area contributed by atoms with Gasteiger partial charge in [0.15, 0.2) is 0 Å². The van der Waals surface area contributed by atoms with Crippen LogP contribution in [0.4, 0.5) is 11.4 Å². The van der Waals surface area contributed by atoms with Gasteiger partial charge in [0.2, 0.25) is 11.8 Å². The Hall–Kier alpha value is -3.52. The minimum absolute atomic E-state index is 0.0428. The van der Waals surface area contributed by atoms with E-state index in [1.54, 1.807) is 13.8 Å². The summed E-state index contributed by atoms with van der Waals surface area (Å²) >= 11 is 2.48. The van der Waals surface area contributed by atoms with Gasteiger partial charge in [0.25, 0.3) is 11.4 Å². The molecule has 36 heavy (non-hydrogen) atoms. The number of rotatable bonds is 15. The van der Waals surface area contributed by atoms with Crippen LogP contribution < -0.4 is 10.9 Å². The maximum Gasteiger partial charge on any atom is 0.283 e. The van der Waals surface area contributed by atoms with Crippen LogP contribution in [-0.4, -0.2) is 34.1 Å². The van der Waals surface area contributed by atoms with Crippen molar-refractivity contribution in [1.82, 2.24) is 10.9 Å². The third-order valence-electron chi connectivity index (χ3n) is 5.03. The van der Waals surface area contributed by atoms with E-state index < -0.39 is 9.85 Å². The van der Waals surface area contributed by atoms with Gasteiger partial charge in [-0.1, -0.05) is 25.7 Å². The second-order valence-electron chi connectivity index (χ2n) is 7.90. The zero-order valence-electron chi connectivity index (χ0n) is 20.0. The Bertz CT molecular complexity index is 1050. The summed E-state index contributed by atoms with van der Waals surface area (Å²) in [5.74, 6) is -0.419. The van der Waals surface area contributed by atoms with E-state index in [-0.39, 0.29) is 23.2 Å². The summed E-state index contributed by atoms with van der Waals surface area (Å²) in [5.41, 5.74) is 4.95. The lowest BCUT2D eigenvalue weighted by molar-refractivity contribution is -0.385. The van der Waals surface area contributed by atoms with Crippen molar-refractivity contribution in [3.05, 3.63) is 51.9 Å². The number of thiophene rings is 2. The number of aryl methyl sites for hydroxylation is 2. The summed E-state index contributed by atoms with van der Waals surface area (Å²) in [4.78, 5) is 46.8. The summed E-state index contributed by atoms with van der Waals surface area (Å²) in [6.07, 6.45) is 8.60. The van der Waals surface area contributed by atoms with E-state index in [4.69, 9.17) is 0 Å². The van der Waals surface area contributed by atoms with Crippen LogP contribution in [0.1, 0.15) is 70.9 Å². The first-order valence-electron chi connectivity index (χ1n) is 11.3. The van der Waals surface area contributed by atoms with Crippen molar-refractivity contribution in [2.75, 3.05) is 0 Å². The van der Waals surface area contributed by atoms with Crippen LogP contribution in [0.25, 0.3) is 0 Å². The summed E-state index contributed by atoms with van der Waals surface area (Å²) in [7, 11) is 0. The molecule has 0 radical (unpaired) electrons. The highest BCUT2D eigenvalue weighted by atomic mass is 32.1. The summed E-state index contributed by atoms with van der Waals surface area (Å²) in [6.45, 7) is 3.32. The zero-order valence-corrected chi connectivity index (χ0v) is 21.7. The van der Waals surface area contributed by atoms with Crippen molar-refractivity contribution in [1.29, 1.82) is 0 Å². The van der Waals surface area contributed by atoms with Gasteiger partial charge in [-0.15, -0.1) is 22.7 Å². The molecule has 0 atom stereocenters. The minimum Gasteiger partial charge on any atom is -0.273 e. The number of nitrogens with one attached hydrogen (secondary N) is 2. The van der Waals surface area contributed by atoms with Gasteiger partial charge in [-0.3, -0.25) is 29.8 Å². The molecule has 2 rings (SSSR count). The second kappa shape index (κ2) is 14.8. The fourth-order valence-corrected chi connectivity index (χ4v) is 4.94. The number of nitrogens with zero attached hydrogens (tertiary/aromatic N) is 4. The number of nitro groups is 2. The number of hydrogen-bond donors (Lipinski definition) is 2. The van der Waals surface area contributed by atoms with Crippen LogP contribution in [-0.2, 0) is 9.59 Å². The topological polar surface area (TPSA) is 169 Å². The molecule has 0 aliphatic heterocycles. The average molecular weight is 537 g/mol. The number of hydrogen-bond acceptors (Lipinski definition) is 10. The van der Waals surface area contributed by atoms with Crippen LogP contribution in [0.2, 0.25) is 0 Å². The van der Waals surface area contributed by atoms with E-state index in [0.29, 0.717) is 32.4 Å². The fraction of sp³-hybridized carbons (Fsp3) is 0.455. The number of hydrazone groups is 2. The number of unbranched alkanes of at least 4 members (excludes halogenated alkanes) is 5. The molecule has 2 N–H and O–H groups in total. The normalized spacial score (nSPS) is 11.3. The molecule has 2 amide bonds. The van der Waals surface area contributed by atoms with Gasteiger partial charge in [0.1, 0.15) is 0 Å². The van der Waals surface area contributed by atoms with Crippen molar-refractivity contribution in [3.63, 3.8) is 0 Å². The van der Waals surface area contributed by atoms with Crippen LogP contribution in [0.15, 0.2) is 22.3 Å². The molecule has 0 saturated heterocycles. The highest BCUT2D eigenvalue weighted by Gasteiger charge is 2.15. The predicted octanol–water partition coefficient (Wildman–Crippen LogP) is 4.96. The maximum atomic E-state index is 11.8. The van der Waals surface area contributed by atoms with Crippen molar-refractivity contribution < 1.29 is 19.4 Å². The van der Waals surface area contributed by atoms with Gasteiger partial charge in [-0.2, -0.15) is 10.2 Å². The molecule has 0 fully saturated rings. The maximum absolute atomic E-state index is 11.8. The first kappa shape index (κ1) is 28.7. The Morgan fingerprint density at radius 2 is 1.14 bits per heavy atom. The van der Waals surface area contributed by atoms with E-state index in [1.165, 1.54) is 47.2 Å². The smallest absolute Gasteiger partial charge is 0.273 e. The van der Waals surface area contributed by atoms with Crippen LogP contribution in [0.5, 0.6) is 0 Å². The SMILES string of the molecule is Cc1sc(/C=N\NC(=O)CCCCCCCCC(=O)N/N=C\c2cc([N+](=O)[O-])c(C)s2)cc1[N+](=O)[O-]. The van der Waals surface area contributed by atoms with Gasteiger partial charge in [-0.05, 0) is 26.7 Å². The van der Waals surface area contributed by atoms with Crippen molar-refractivity contribution >= 4 is 58.3 Å². The Morgan fingerprint density at radius 3 is 1.47 bits per heavy atom. The van der Waals surface area contributed by atoms with E-state index in [9.17, 15) is 29.8 Å². The molecule has 14 heteroatoms. The van der Waals surface area contributed by atoms with E-state index in [0.717, 1.165) is 38.5 Å². The lowest BCUT2D eigenvalue weighted by Crippen LogP contribution is -2.17. The van der Waals surface area contributed by atoms with Gasteiger partial charge in [0.05, 0.1) is 41.8 Å². The molecule has 0 aliphatic rings. The van der Waals surface area contributed by atoms with Crippen LogP contribution >= 0.6 is 22.7 Å². The van der Waals surface area contributed by atoms with Gasteiger partial charge in [0, 0.05) is 25.0 Å². The summed E-state index contributed by atoms with van der Waals surface area (Å²) in [6, 6.07) is 2.85. The third kappa shape index (κ3) is 10.00. The van der Waals surface area contributed by atoms with E-state index in [1.807, 2.05) is 0 Å². The Labute approximate surface area is 215 Å². The molecule has 0 aromatic carbocycles. The zero-order chi connectivity index (χ0) is 26.5. The second-order valence-corrected chi connectivity index (χ2v) is 10.5. The van der Waals surface area contributed by atoms with Crippen molar-refractivity contribution in [2.45, 2.75) is 65.2 Å². The molecule has 2 aromatic heterocycles. The number of carbonyl (C=O) groups excluding carboxylic acids is 2. The fourth-order valence-electron chi connectivity index (χ4n) is 3.21. The Balaban J connectivity index is 1.49. The average Bonchev–Trinajstić information content (AvgIpc) is 3.37. The lowest BCUT2D eigenvalue weighted by Gasteiger charge is -2.02. The molecule has 2 heterocycles. The molecule has 0 aliphatic carbocycles. The quantitative estimate of drug-likeness (QED) is 0.141. The first-order chi connectivity index (χ1) is 17.2. The van der Waals surface area contributed by atoms with Gasteiger partial charge >= 0.3 is 0 Å². The molecule has 0 unspecified atom stereocenters. The predicted molar refractivity (Wildman–Crippen MR) is 140 cm³/mol. The molecule has 194 valence electrons. The molecule has 0 saturated carbocycles. The molecule has 0 spiro atoms.